The first-order valence-corrected chi connectivity index (χ1v) is 4.09. The number of esters is 1. The van der Waals surface area contributed by atoms with Crippen molar-refractivity contribution in [1.29, 1.82) is 0 Å². The van der Waals surface area contributed by atoms with E-state index in [0.29, 0.717) is 0 Å². The molecule has 0 aromatic heterocycles. The number of carbonyl (C=O) groups excluding carboxylic acids is 1. The third-order valence-electron chi connectivity index (χ3n) is 2.16. The second-order valence-electron chi connectivity index (χ2n) is 3.10. The molecule has 14 heavy (non-hydrogen) atoms. The van der Waals surface area contributed by atoms with E-state index in [4.69, 9.17) is 17.4 Å². The highest BCUT2D eigenvalue weighted by Gasteiger charge is 2.45. The van der Waals surface area contributed by atoms with Crippen LogP contribution in [0.25, 0.3) is 0 Å². The van der Waals surface area contributed by atoms with E-state index in [-0.39, 0.29) is 0 Å². The number of methoxy groups -OCH3 is 1. The molecule has 0 aromatic rings. The average Bonchev–Trinajstić information content (AvgIpc) is 2.43. The van der Waals surface area contributed by atoms with E-state index in [1.165, 1.54) is 7.11 Å². The summed E-state index contributed by atoms with van der Waals surface area (Å²) in [5, 5.41) is 18.6. The van der Waals surface area contributed by atoms with E-state index in [2.05, 4.69) is 4.74 Å². The van der Waals surface area contributed by atoms with Crippen LogP contribution in [-0.4, -0.2) is 53.7 Å². The molecule has 0 spiro atoms. The predicted molar refractivity (Wildman–Crippen MR) is 45.0 cm³/mol. The zero-order valence-corrected chi connectivity index (χ0v) is 7.66. The highest BCUT2D eigenvalue weighted by molar-refractivity contribution is 5.76. The van der Waals surface area contributed by atoms with Gasteiger partial charge in [-0.05, 0) is 6.92 Å². The van der Waals surface area contributed by atoms with Crippen molar-refractivity contribution in [1.82, 2.24) is 0 Å². The molecule has 0 aliphatic carbocycles. The van der Waals surface area contributed by atoms with Gasteiger partial charge >= 0.3 is 5.97 Å². The summed E-state index contributed by atoms with van der Waals surface area (Å²) in [6, 6.07) is -1.15. The standard InChI is InChI=1S/C8H13NO5/c1-3-5(10)6(11)7(14-3)4(9)8(12)13-2/h1,3-7,10-11H,9H2,2H3/t3-,4?,5?,6+,7-/m0/s1. The lowest BCUT2D eigenvalue weighted by atomic mass is 10.0. The van der Waals surface area contributed by atoms with Crippen molar-refractivity contribution in [3.8, 4) is 0 Å². The third kappa shape index (κ3) is 1.88. The molecule has 4 N–H and O–H groups in total. The van der Waals surface area contributed by atoms with Crippen LogP contribution in [0.4, 0.5) is 0 Å². The van der Waals surface area contributed by atoms with Gasteiger partial charge in [0.25, 0.3) is 0 Å². The third-order valence-corrected chi connectivity index (χ3v) is 2.16. The first-order chi connectivity index (χ1) is 6.49. The van der Waals surface area contributed by atoms with Crippen LogP contribution in [0.2, 0.25) is 0 Å². The Morgan fingerprint density at radius 2 is 2.14 bits per heavy atom. The zero-order valence-electron chi connectivity index (χ0n) is 7.66. The van der Waals surface area contributed by atoms with E-state index in [1.54, 1.807) is 0 Å². The van der Waals surface area contributed by atoms with E-state index in [9.17, 15) is 15.0 Å². The molecule has 6 nitrogen and oxygen atoms in total. The highest BCUT2D eigenvalue weighted by atomic mass is 16.6. The normalized spacial score (nSPS) is 39.5. The van der Waals surface area contributed by atoms with Gasteiger partial charge in [-0.15, -0.1) is 0 Å². The average molecular weight is 203 g/mol. The molecular formula is C8H13NO5. The van der Waals surface area contributed by atoms with Crippen molar-refractivity contribution < 1.29 is 24.5 Å². The van der Waals surface area contributed by atoms with Gasteiger partial charge < -0.3 is 25.4 Å². The fraction of sp³-hybridized carbons (Fsp3) is 0.750. The monoisotopic (exact) mass is 203 g/mol. The second-order valence-corrected chi connectivity index (χ2v) is 3.10. The Balaban J connectivity index is 2.66. The molecule has 1 fully saturated rings. The Labute approximate surface area is 81.6 Å². The first kappa shape index (κ1) is 11.4. The van der Waals surface area contributed by atoms with Gasteiger partial charge in [-0.1, -0.05) is 0 Å². The largest absolute Gasteiger partial charge is 0.468 e. The van der Waals surface area contributed by atoms with Gasteiger partial charge in [-0.2, -0.15) is 0 Å². The molecule has 0 saturated carbocycles. The number of aliphatic hydroxyl groups excluding tert-OH is 2. The van der Waals surface area contributed by atoms with Gasteiger partial charge in [0, 0.05) is 0 Å². The maximum atomic E-state index is 11.0. The van der Waals surface area contributed by atoms with Crippen molar-refractivity contribution in [2.24, 2.45) is 5.73 Å². The summed E-state index contributed by atoms with van der Waals surface area (Å²) >= 11 is 0. The predicted octanol–water partition coefficient (Wildman–Crippen LogP) is -2.31. The van der Waals surface area contributed by atoms with Crippen LogP contribution in [0.1, 0.15) is 0 Å². The minimum atomic E-state index is -1.28. The molecule has 1 saturated heterocycles. The first-order valence-electron chi connectivity index (χ1n) is 4.09. The quantitative estimate of drug-likeness (QED) is 0.436. The summed E-state index contributed by atoms with van der Waals surface area (Å²) in [6.07, 6.45) is -4.59. The molecule has 80 valence electrons. The van der Waals surface area contributed by atoms with Crippen LogP contribution in [-0.2, 0) is 14.3 Å². The molecule has 1 aliphatic rings. The lowest BCUT2D eigenvalue weighted by Crippen LogP contribution is -2.48. The van der Waals surface area contributed by atoms with Gasteiger partial charge in [0.15, 0.2) is 0 Å². The van der Waals surface area contributed by atoms with Crippen LogP contribution in [0.3, 0.4) is 0 Å². The van der Waals surface area contributed by atoms with Crippen molar-refractivity contribution >= 4 is 5.97 Å². The van der Waals surface area contributed by atoms with Crippen molar-refractivity contribution in [2.75, 3.05) is 7.11 Å². The van der Waals surface area contributed by atoms with E-state index >= 15 is 0 Å². The summed E-state index contributed by atoms with van der Waals surface area (Å²) in [4.78, 5) is 11.0. The van der Waals surface area contributed by atoms with Crippen molar-refractivity contribution in [3.63, 3.8) is 0 Å². The van der Waals surface area contributed by atoms with Gasteiger partial charge in [0.2, 0.25) is 0 Å². The molecule has 1 rings (SSSR count). The summed E-state index contributed by atoms with van der Waals surface area (Å²) in [5.41, 5.74) is 5.42. The van der Waals surface area contributed by atoms with Gasteiger partial charge in [0.05, 0.1) is 13.2 Å². The molecule has 0 bridgehead atoms. The minimum absolute atomic E-state index is 0.727. The van der Waals surface area contributed by atoms with E-state index in [0.717, 1.165) is 0 Å². The van der Waals surface area contributed by atoms with Crippen LogP contribution in [0.15, 0.2) is 0 Å². The molecule has 1 aliphatic heterocycles. The lowest BCUT2D eigenvalue weighted by molar-refractivity contribution is -0.147. The van der Waals surface area contributed by atoms with Crippen LogP contribution in [0.5, 0.6) is 0 Å². The number of hydrogen-bond donors (Lipinski definition) is 3. The molecule has 2 radical (unpaired) electrons. The number of rotatable bonds is 2. The number of ether oxygens (including phenoxy) is 2. The Morgan fingerprint density at radius 1 is 1.57 bits per heavy atom. The maximum Gasteiger partial charge on any atom is 0.325 e. The summed E-state index contributed by atoms with van der Waals surface area (Å²) in [7, 11) is 1.17. The van der Waals surface area contributed by atoms with E-state index in [1.807, 2.05) is 0 Å². The topological polar surface area (TPSA) is 102 Å². The summed E-state index contributed by atoms with van der Waals surface area (Å²) in [5.74, 6) is -0.727. The van der Waals surface area contributed by atoms with Crippen LogP contribution in [0, 0.1) is 6.92 Å². The van der Waals surface area contributed by atoms with Crippen LogP contribution < -0.4 is 5.73 Å². The van der Waals surface area contributed by atoms with Gasteiger partial charge in [-0.3, -0.25) is 4.79 Å². The molecule has 0 aromatic carbocycles. The molecule has 0 amide bonds. The fourth-order valence-corrected chi connectivity index (χ4v) is 1.30. The molecule has 5 atom stereocenters. The van der Waals surface area contributed by atoms with Gasteiger partial charge in [0.1, 0.15) is 24.4 Å². The van der Waals surface area contributed by atoms with Crippen molar-refractivity contribution in [2.45, 2.75) is 30.5 Å². The smallest absolute Gasteiger partial charge is 0.325 e. The zero-order chi connectivity index (χ0) is 10.9. The second kappa shape index (κ2) is 4.22. The summed E-state index contributed by atoms with van der Waals surface area (Å²) < 4.78 is 9.29. The lowest BCUT2D eigenvalue weighted by Gasteiger charge is -2.19. The molecule has 6 heteroatoms. The molecule has 2 unspecified atom stereocenters. The Kier molecular flexibility index (Phi) is 3.43. The number of nitrogens with two attached hydrogens (primary N) is 1. The SMILES string of the molecule is [CH][C@@H]1O[C@@H](C(N)C(=O)OC)[C@H](O)C1O. The number of aliphatic hydroxyl groups is 2. The summed E-state index contributed by atoms with van der Waals surface area (Å²) in [6.45, 7) is 5.30. The van der Waals surface area contributed by atoms with Crippen LogP contribution >= 0.6 is 0 Å². The molecular weight excluding hydrogens is 190 g/mol. The number of hydrogen-bond acceptors (Lipinski definition) is 6. The maximum absolute atomic E-state index is 11.0. The van der Waals surface area contributed by atoms with E-state index < -0.39 is 36.4 Å². The Morgan fingerprint density at radius 3 is 2.50 bits per heavy atom. The Hall–Kier alpha value is -0.690. The minimum Gasteiger partial charge on any atom is -0.468 e. The van der Waals surface area contributed by atoms with Crippen molar-refractivity contribution in [3.05, 3.63) is 6.92 Å². The highest BCUT2D eigenvalue weighted by Crippen LogP contribution is 2.22. The molecule has 1 heterocycles. The van der Waals surface area contributed by atoms with Gasteiger partial charge in [-0.25, -0.2) is 0 Å². The fourth-order valence-electron chi connectivity index (χ4n) is 1.30. The number of carbonyl (C=O) groups is 1. The Bertz CT molecular complexity index is 222.